The van der Waals surface area contributed by atoms with Gasteiger partial charge in [-0.25, -0.2) is 0 Å². The van der Waals surface area contributed by atoms with Crippen LogP contribution in [-0.4, -0.2) is 24.5 Å². The molecule has 19 heavy (non-hydrogen) atoms. The Hall–Kier alpha value is -1.07. The van der Waals surface area contributed by atoms with Crippen molar-refractivity contribution in [2.75, 3.05) is 19.6 Å². The Morgan fingerprint density at radius 1 is 1.05 bits per heavy atom. The van der Waals surface area contributed by atoms with Crippen LogP contribution in [-0.2, 0) is 6.18 Å². The molecule has 1 aliphatic heterocycles. The molecule has 0 saturated carbocycles. The van der Waals surface area contributed by atoms with E-state index >= 15 is 0 Å². The first kappa shape index (κ1) is 14.3. The Balaban J connectivity index is 2.14. The van der Waals surface area contributed by atoms with E-state index in [9.17, 15) is 13.2 Å². The molecule has 1 fully saturated rings. The molecular weight excluding hydrogens is 253 g/mol. The summed E-state index contributed by atoms with van der Waals surface area (Å²) in [5.41, 5.74) is 6.06. The fourth-order valence-corrected chi connectivity index (χ4v) is 2.62. The van der Waals surface area contributed by atoms with Gasteiger partial charge in [-0.1, -0.05) is 18.6 Å². The summed E-state index contributed by atoms with van der Waals surface area (Å²) in [4.78, 5) is 2.27. The van der Waals surface area contributed by atoms with E-state index in [-0.39, 0.29) is 6.04 Å². The Bertz CT molecular complexity index is 394. The first-order chi connectivity index (χ1) is 9.02. The highest BCUT2D eigenvalue weighted by Gasteiger charge is 2.30. The van der Waals surface area contributed by atoms with Gasteiger partial charge in [0.2, 0.25) is 0 Å². The van der Waals surface area contributed by atoms with E-state index < -0.39 is 11.7 Å². The number of benzene rings is 1. The zero-order valence-electron chi connectivity index (χ0n) is 10.8. The first-order valence-electron chi connectivity index (χ1n) is 6.63. The number of likely N-dealkylation sites (tertiary alicyclic amines) is 1. The van der Waals surface area contributed by atoms with E-state index in [1.165, 1.54) is 6.42 Å². The summed E-state index contributed by atoms with van der Waals surface area (Å²) in [7, 11) is 0. The third-order valence-electron chi connectivity index (χ3n) is 3.68. The molecule has 0 amide bonds. The topological polar surface area (TPSA) is 29.3 Å². The van der Waals surface area contributed by atoms with Crippen molar-refractivity contribution in [3.63, 3.8) is 0 Å². The average Bonchev–Trinajstić information content (AvgIpc) is 2.40. The summed E-state index contributed by atoms with van der Waals surface area (Å²) in [6.45, 7) is 2.39. The lowest BCUT2D eigenvalue weighted by atomic mass is 10.0. The van der Waals surface area contributed by atoms with E-state index in [1.807, 2.05) is 0 Å². The molecule has 0 aromatic heterocycles. The van der Waals surface area contributed by atoms with E-state index in [0.29, 0.717) is 6.54 Å². The van der Waals surface area contributed by atoms with E-state index in [0.717, 1.165) is 43.6 Å². The maximum absolute atomic E-state index is 12.5. The van der Waals surface area contributed by atoms with Crippen LogP contribution in [0, 0.1) is 0 Å². The largest absolute Gasteiger partial charge is 0.416 e. The van der Waals surface area contributed by atoms with Gasteiger partial charge in [-0.2, -0.15) is 13.2 Å². The zero-order valence-corrected chi connectivity index (χ0v) is 10.8. The van der Waals surface area contributed by atoms with Gasteiger partial charge in [0.25, 0.3) is 0 Å². The number of piperidine rings is 1. The molecule has 1 saturated heterocycles. The lowest BCUT2D eigenvalue weighted by Crippen LogP contribution is -2.37. The van der Waals surface area contributed by atoms with Gasteiger partial charge < -0.3 is 5.73 Å². The fraction of sp³-hybridized carbons (Fsp3) is 0.571. The molecule has 1 aromatic carbocycles. The summed E-state index contributed by atoms with van der Waals surface area (Å²) < 4.78 is 37.6. The van der Waals surface area contributed by atoms with Crippen molar-refractivity contribution < 1.29 is 13.2 Å². The van der Waals surface area contributed by atoms with E-state index in [4.69, 9.17) is 5.73 Å². The first-order valence-corrected chi connectivity index (χ1v) is 6.63. The van der Waals surface area contributed by atoms with Gasteiger partial charge in [0.1, 0.15) is 0 Å². The van der Waals surface area contributed by atoms with Crippen LogP contribution in [0.15, 0.2) is 24.3 Å². The van der Waals surface area contributed by atoms with Gasteiger partial charge in [-0.05, 0) is 43.6 Å². The molecular formula is C14H19F3N2. The molecule has 0 spiro atoms. The van der Waals surface area contributed by atoms with Crippen molar-refractivity contribution in [1.82, 2.24) is 4.90 Å². The highest BCUT2D eigenvalue weighted by atomic mass is 19.4. The van der Waals surface area contributed by atoms with Crippen LogP contribution >= 0.6 is 0 Å². The zero-order chi connectivity index (χ0) is 13.9. The summed E-state index contributed by atoms with van der Waals surface area (Å²) in [6, 6.07) is 5.41. The van der Waals surface area contributed by atoms with Crippen LogP contribution in [0.3, 0.4) is 0 Å². The van der Waals surface area contributed by atoms with Gasteiger partial charge in [-0.15, -0.1) is 0 Å². The summed E-state index contributed by atoms with van der Waals surface area (Å²) >= 11 is 0. The van der Waals surface area contributed by atoms with Gasteiger partial charge in [-0.3, -0.25) is 4.90 Å². The number of halogens is 3. The standard InChI is InChI=1S/C14H19F3N2/c15-14(16,17)12-6-4-11(5-7-12)13(10-18)19-8-2-1-3-9-19/h4-7,13H,1-3,8-10,18H2. The Labute approximate surface area is 111 Å². The summed E-state index contributed by atoms with van der Waals surface area (Å²) in [6.07, 6.45) is -0.781. The minimum absolute atomic E-state index is 0.0302. The second-order valence-corrected chi connectivity index (χ2v) is 4.97. The van der Waals surface area contributed by atoms with Crippen LogP contribution in [0.2, 0.25) is 0 Å². The molecule has 5 heteroatoms. The Kier molecular flexibility index (Phi) is 4.47. The van der Waals surface area contributed by atoms with Crippen LogP contribution < -0.4 is 5.73 Å². The molecule has 1 heterocycles. The molecule has 2 nitrogen and oxygen atoms in total. The second kappa shape index (κ2) is 5.92. The molecule has 2 rings (SSSR count). The molecule has 1 aromatic rings. The summed E-state index contributed by atoms with van der Waals surface area (Å²) in [5, 5.41) is 0. The van der Waals surface area contributed by atoms with Crippen molar-refractivity contribution in [3.05, 3.63) is 35.4 Å². The molecule has 0 radical (unpaired) electrons. The third kappa shape index (κ3) is 3.48. The lowest BCUT2D eigenvalue weighted by molar-refractivity contribution is -0.137. The maximum atomic E-state index is 12.5. The number of rotatable bonds is 3. The fourth-order valence-electron chi connectivity index (χ4n) is 2.62. The van der Waals surface area contributed by atoms with E-state index in [2.05, 4.69) is 4.90 Å². The molecule has 2 N–H and O–H groups in total. The van der Waals surface area contributed by atoms with Gasteiger partial charge in [0, 0.05) is 12.6 Å². The van der Waals surface area contributed by atoms with Crippen molar-refractivity contribution in [2.24, 2.45) is 5.73 Å². The van der Waals surface area contributed by atoms with Crippen molar-refractivity contribution in [2.45, 2.75) is 31.5 Å². The maximum Gasteiger partial charge on any atom is 0.416 e. The number of nitrogens with zero attached hydrogens (tertiary/aromatic N) is 1. The van der Waals surface area contributed by atoms with Crippen LogP contribution in [0.25, 0.3) is 0 Å². The van der Waals surface area contributed by atoms with Crippen molar-refractivity contribution in [1.29, 1.82) is 0 Å². The minimum atomic E-state index is -4.28. The van der Waals surface area contributed by atoms with Gasteiger partial charge in [0.15, 0.2) is 0 Å². The predicted molar refractivity (Wildman–Crippen MR) is 68.7 cm³/mol. The van der Waals surface area contributed by atoms with Crippen LogP contribution in [0.1, 0.15) is 36.4 Å². The predicted octanol–water partition coefficient (Wildman–Crippen LogP) is 3.19. The molecule has 0 aliphatic carbocycles. The van der Waals surface area contributed by atoms with Crippen LogP contribution in [0.5, 0.6) is 0 Å². The average molecular weight is 272 g/mol. The van der Waals surface area contributed by atoms with Gasteiger partial charge in [0.05, 0.1) is 5.56 Å². The summed E-state index contributed by atoms with van der Waals surface area (Å²) in [5.74, 6) is 0. The number of nitrogens with two attached hydrogens (primary N) is 1. The van der Waals surface area contributed by atoms with Crippen molar-refractivity contribution in [3.8, 4) is 0 Å². The van der Waals surface area contributed by atoms with Gasteiger partial charge >= 0.3 is 6.18 Å². The third-order valence-corrected chi connectivity index (χ3v) is 3.68. The Morgan fingerprint density at radius 3 is 2.11 bits per heavy atom. The number of alkyl halides is 3. The number of hydrogen-bond donors (Lipinski definition) is 1. The second-order valence-electron chi connectivity index (χ2n) is 4.97. The van der Waals surface area contributed by atoms with Crippen molar-refractivity contribution >= 4 is 0 Å². The highest BCUT2D eigenvalue weighted by Crippen LogP contribution is 2.31. The van der Waals surface area contributed by atoms with Crippen LogP contribution in [0.4, 0.5) is 13.2 Å². The normalized spacial score (nSPS) is 19.4. The minimum Gasteiger partial charge on any atom is -0.329 e. The monoisotopic (exact) mass is 272 g/mol. The van der Waals surface area contributed by atoms with E-state index in [1.54, 1.807) is 12.1 Å². The highest BCUT2D eigenvalue weighted by molar-refractivity contribution is 5.27. The molecule has 1 unspecified atom stereocenters. The smallest absolute Gasteiger partial charge is 0.329 e. The SMILES string of the molecule is NCC(c1ccc(C(F)(F)F)cc1)N1CCCCC1. The quantitative estimate of drug-likeness (QED) is 0.915. The molecule has 1 aliphatic rings. The lowest BCUT2D eigenvalue weighted by Gasteiger charge is -2.34. The molecule has 106 valence electrons. The molecule has 0 bridgehead atoms. The Morgan fingerprint density at radius 2 is 1.63 bits per heavy atom. The number of hydrogen-bond acceptors (Lipinski definition) is 2. The molecule has 1 atom stereocenters.